The molecule has 158 valence electrons. The Labute approximate surface area is 180 Å². The predicted molar refractivity (Wildman–Crippen MR) is 119 cm³/mol. The first-order chi connectivity index (χ1) is 14.2. The molecule has 1 aromatic heterocycles. The lowest BCUT2D eigenvalue weighted by atomic mass is 9.98. The maximum Gasteiger partial charge on any atom is 0.319 e. The van der Waals surface area contributed by atoms with E-state index < -0.39 is 11.8 Å². The highest BCUT2D eigenvalue weighted by Crippen LogP contribution is 2.34. The first-order valence-corrected chi connectivity index (χ1v) is 10.5. The van der Waals surface area contributed by atoms with Crippen LogP contribution in [0.15, 0.2) is 42.5 Å². The van der Waals surface area contributed by atoms with Gasteiger partial charge in [0, 0.05) is 22.2 Å². The SMILES string of the molecule is Cc1cccc(-c2nc(C(C)(C)C)sc2CNC(=O)Nc2ccc(CO)c(F)c2)c1. The number of carbonyl (C=O) groups excluding carboxylic acids is 1. The van der Waals surface area contributed by atoms with Crippen LogP contribution < -0.4 is 10.6 Å². The summed E-state index contributed by atoms with van der Waals surface area (Å²) < 4.78 is 13.8. The second-order valence-corrected chi connectivity index (χ2v) is 9.27. The Balaban J connectivity index is 1.77. The van der Waals surface area contributed by atoms with E-state index in [9.17, 15) is 9.18 Å². The van der Waals surface area contributed by atoms with Crippen molar-refractivity contribution in [1.82, 2.24) is 10.3 Å². The Morgan fingerprint density at radius 3 is 2.60 bits per heavy atom. The molecule has 5 nitrogen and oxygen atoms in total. The second-order valence-electron chi connectivity index (χ2n) is 8.18. The molecule has 0 unspecified atom stereocenters. The van der Waals surface area contributed by atoms with Gasteiger partial charge in [-0.2, -0.15) is 0 Å². The fourth-order valence-corrected chi connectivity index (χ4v) is 3.98. The van der Waals surface area contributed by atoms with Gasteiger partial charge in [-0.15, -0.1) is 11.3 Å². The topological polar surface area (TPSA) is 74.2 Å². The quantitative estimate of drug-likeness (QED) is 0.512. The largest absolute Gasteiger partial charge is 0.392 e. The number of aromatic nitrogens is 1. The fraction of sp³-hybridized carbons (Fsp3) is 0.304. The molecule has 0 bridgehead atoms. The van der Waals surface area contributed by atoms with Crippen LogP contribution in [0.25, 0.3) is 11.3 Å². The summed E-state index contributed by atoms with van der Waals surface area (Å²) in [5, 5.41) is 15.5. The fourth-order valence-electron chi connectivity index (χ4n) is 2.90. The maximum absolute atomic E-state index is 13.8. The van der Waals surface area contributed by atoms with Gasteiger partial charge in [0.2, 0.25) is 0 Å². The van der Waals surface area contributed by atoms with Crippen molar-refractivity contribution in [2.24, 2.45) is 0 Å². The Kier molecular flexibility index (Phi) is 6.53. The molecule has 30 heavy (non-hydrogen) atoms. The van der Waals surface area contributed by atoms with Crippen molar-refractivity contribution >= 4 is 23.1 Å². The first kappa shape index (κ1) is 21.9. The molecule has 0 saturated heterocycles. The second kappa shape index (κ2) is 8.93. The van der Waals surface area contributed by atoms with Gasteiger partial charge < -0.3 is 15.7 Å². The van der Waals surface area contributed by atoms with Crippen LogP contribution in [0.3, 0.4) is 0 Å². The molecule has 0 fully saturated rings. The minimum Gasteiger partial charge on any atom is -0.392 e. The van der Waals surface area contributed by atoms with Crippen molar-refractivity contribution in [3.63, 3.8) is 0 Å². The molecule has 0 atom stereocenters. The number of benzene rings is 2. The molecule has 0 saturated carbocycles. The minimum atomic E-state index is -0.561. The normalized spacial score (nSPS) is 11.4. The van der Waals surface area contributed by atoms with Crippen LogP contribution >= 0.6 is 11.3 Å². The van der Waals surface area contributed by atoms with Crippen molar-refractivity contribution in [2.45, 2.75) is 46.3 Å². The molecule has 0 aliphatic heterocycles. The van der Waals surface area contributed by atoms with Crippen LogP contribution in [-0.2, 0) is 18.6 Å². The lowest BCUT2D eigenvalue weighted by Gasteiger charge is -2.13. The van der Waals surface area contributed by atoms with Crippen molar-refractivity contribution < 1.29 is 14.3 Å². The lowest BCUT2D eigenvalue weighted by Crippen LogP contribution is -2.28. The van der Waals surface area contributed by atoms with Crippen LogP contribution in [0.1, 0.15) is 41.8 Å². The number of aliphatic hydroxyl groups excluding tert-OH is 1. The summed E-state index contributed by atoms with van der Waals surface area (Å²) in [6, 6.07) is 11.9. The molecule has 3 N–H and O–H groups in total. The number of thiazole rings is 1. The third-order valence-electron chi connectivity index (χ3n) is 4.52. The van der Waals surface area contributed by atoms with Crippen LogP contribution in [0, 0.1) is 12.7 Å². The van der Waals surface area contributed by atoms with Crippen molar-refractivity contribution in [3.8, 4) is 11.3 Å². The molecule has 3 rings (SSSR count). The number of amides is 2. The molecule has 2 amide bonds. The van der Waals surface area contributed by atoms with Gasteiger partial charge in [-0.3, -0.25) is 0 Å². The molecule has 2 aromatic carbocycles. The molecule has 0 aliphatic carbocycles. The zero-order chi connectivity index (χ0) is 21.9. The standard InChI is InChI=1S/C23H26FN3O2S/c1-14-6-5-7-15(10-14)20-19(30-21(27-20)23(2,3)4)12-25-22(29)26-17-9-8-16(13-28)18(24)11-17/h5-11,28H,12-13H2,1-4H3,(H2,25,26,29). The first-order valence-electron chi connectivity index (χ1n) is 9.68. The summed E-state index contributed by atoms with van der Waals surface area (Å²) in [7, 11) is 0. The van der Waals surface area contributed by atoms with Gasteiger partial charge in [0.05, 0.1) is 28.7 Å². The van der Waals surface area contributed by atoms with E-state index in [-0.39, 0.29) is 17.6 Å². The van der Waals surface area contributed by atoms with Crippen molar-refractivity contribution in [1.29, 1.82) is 0 Å². The molecule has 0 radical (unpaired) electrons. The van der Waals surface area contributed by atoms with Crippen molar-refractivity contribution in [2.75, 3.05) is 5.32 Å². The number of nitrogens with zero attached hydrogens (tertiary/aromatic N) is 1. The summed E-state index contributed by atoms with van der Waals surface area (Å²) in [5.74, 6) is -0.561. The van der Waals surface area contributed by atoms with Gasteiger partial charge >= 0.3 is 6.03 Å². The molecular formula is C23H26FN3O2S. The average Bonchev–Trinajstić information content (AvgIpc) is 3.11. The van der Waals surface area contributed by atoms with Crippen LogP contribution in [-0.4, -0.2) is 16.1 Å². The van der Waals surface area contributed by atoms with E-state index in [4.69, 9.17) is 10.1 Å². The summed E-state index contributed by atoms with van der Waals surface area (Å²) >= 11 is 1.58. The van der Waals surface area contributed by atoms with Gasteiger partial charge in [-0.1, -0.05) is 50.6 Å². The molecule has 0 aliphatic rings. The van der Waals surface area contributed by atoms with Gasteiger partial charge in [-0.25, -0.2) is 14.2 Å². The predicted octanol–water partition coefficient (Wildman–Crippen LogP) is 5.37. The van der Waals surface area contributed by atoms with Crippen molar-refractivity contribution in [3.05, 3.63) is 69.3 Å². The number of hydrogen-bond acceptors (Lipinski definition) is 4. The monoisotopic (exact) mass is 427 g/mol. The Morgan fingerprint density at radius 1 is 1.20 bits per heavy atom. The van der Waals surface area contributed by atoms with Gasteiger partial charge in [0.1, 0.15) is 5.82 Å². The third kappa shape index (κ3) is 5.23. The smallest absolute Gasteiger partial charge is 0.319 e. The molecule has 3 aromatic rings. The lowest BCUT2D eigenvalue weighted by molar-refractivity contribution is 0.252. The number of aryl methyl sites for hydroxylation is 1. The molecular weight excluding hydrogens is 401 g/mol. The zero-order valence-electron chi connectivity index (χ0n) is 17.5. The Hall–Kier alpha value is -2.77. The number of anilines is 1. The summed E-state index contributed by atoms with van der Waals surface area (Å²) in [6.45, 7) is 8.29. The highest BCUT2D eigenvalue weighted by Gasteiger charge is 2.22. The molecule has 7 heteroatoms. The van der Waals surface area contributed by atoms with Gasteiger partial charge in [-0.05, 0) is 25.1 Å². The summed E-state index contributed by atoms with van der Waals surface area (Å²) in [5.41, 5.74) is 3.43. The van der Waals surface area contributed by atoms with E-state index in [0.717, 1.165) is 26.7 Å². The minimum absolute atomic E-state index is 0.101. The van der Waals surface area contributed by atoms with E-state index in [2.05, 4.69) is 37.5 Å². The Bertz CT molecular complexity index is 1060. The van der Waals surface area contributed by atoms with Gasteiger partial charge in [0.25, 0.3) is 0 Å². The molecule has 1 heterocycles. The third-order valence-corrected chi connectivity index (χ3v) is 6.00. The average molecular weight is 428 g/mol. The number of nitrogens with one attached hydrogen (secondary N) is 2. The zero-order valence-corrected chi connectivity index (χ0v) is 18.4. The van der Waals surface area contributed by atoms with E-state index in [0.29, 0.717) is 12.2 Å². The van der Waals surface area contributed by atoms with Gasteiger partial charge in [0.15, 0.2) is 0 Å². The van der Waals surface area contributed by atoms with E-state index in [1.54, 1.807) is 17.4 Å². The highest BCUT2D eigenvalue weighted by atomic mass is 32.1. The summed E-state index contributed by atoms with van der Waals surface area (Å²) in [4.78, 5) is 18.2. The number of halogens is 1. The number of rotatable bonds is 5. The number of hydrogen-bond donors (Lipinski definition) is 3. The van der Waals surface area contributed by atoms with E-state index in [1.165, 1.54) is 12.1 Å². The van der Waals surface area contributed by atoms with Crippen LogP contribution in [0.2, 0.25) is 0 Å². The van der Waals surface area contributed by atoms with E-state index >= 15 is 0 Å². The summed E-state index contributed by atoms with van der Waals surface area (Å²) in [6.07, 6.45) is 0. The van der Waals surface area contributed by atoms with Crippen LogP contribution in [0.4, 0.5) is 14.9 Å². The van der Waals surface area contributed by atoms with E-state index in [1.807, 2.05) is 25.1 Å². The highest BCUT2D eigenvalue weighted by molar-refractivity contribution is 7.12. The maximum atomic E-state index is 13.8. The number of urea groups is 1. The van der Waals surface area contributed by atoms with Crippen LogP contribution in [0.5, 0.6) is 0 Å². The Morgan fingerprint density at radius 2 is 1.97 bits per heavy atom. The number of aliphatic hydroxyl groups is 1. The number of carbonyl (C=O) groups is 1. The molecule has 0 spiro atoms.